The fourth-order valence-corrected chi connectivity index (χ4v) is 2.33. The number of methoxy groups -OCH3 is 1. The van der Waals surface area contributed by atoms with Crippen molar-refractivity contribution >= 4 is 5.91 Å². The van der Waals surface area contributed by atoms with Gasteiger partial charge in [0.1, 0.15) is 5.75 Å². The Morgan fingerprint density at radius 1 is 1.14 bits per heavy atom. The van der Waals surface area contributed by atoms with Gasteiger partial charge in [-0.3, -0.25) is 4.79 Å². The number of carbonyl (C=O) groups is 1. The Morgan fingerprint density at radius 2 is 1.82 bits per heavy atom. The average molecular weight is 297 g/mol. The van der Waals surface area contributed by atoms with Crippen LogP contribution in [0.25, 0.3) is 0 Å². The summed E-state index contributed by atoms with van der Waals surface area (Å²) in [6.45, 7) is 6.79. The van der Waals surface area contributed by atoms with Gasteiger partial charge < -0.3 is 10.1 Å². The Labute approximate surface area is 132 Å². The van der Waals surface area contributed by atoms with E-state index in [2.05, 4.69) is 19.2 Å². The molecule has 0 aliphatic heterocycles. The van der Waals surface area contributed by atoms with Crippen LogP contribution in [0.4, 0.5) is 0 Å². The summed E-state index contributed by atoms with van der Waals surface area (Å²) < 4.78 is 5.18. The van der Waals surface area contributed by atoms with Gasteiger partial charge in [0.25, 0.3) is 5.91 Å². The molecule has 116 valence electrons. The predicted molar refractivity (Wildman–Crippen MR) is 89.5 cm³/mol. The second-order valence-corrected chi connectivity index (χ2v) is 6.16. The lowest BCUT2D eigenvalue weighted by atomic mass is 9.84. The van der Waals surface area contributed by atoms with Gasteiger partial charge in [-0.1, -0.05) is 43.7 Å². The number of amides is 1. The molecule has 0 spiro atoms. The fraction of sp³-hybridized carbons (Fsp3) is 0.316. The minimum absolute atomic E-state index is 0.0368. The van der Waals surface area contributed by atoms with Gasteiger partial charge in [-0.2, -0.15) is 0 Å². The van der Waals surface area contributed by atoms with E-state index >= 15 is 0 Å². The molecule has 3 nitrogen and oxygen atoms in total. The van der Waals surface area contributed by atoms with Gasteiger partial charge >= 0.3 is 0 Å². The van der Waals surface area contributed by atoms with Crippen molar-refractivity contribution in [1.29, 1.82) is 0 Å². The highest BCUT2D eigenvalue weighted by atomic mass is 16.5. The van der Waals surface area contributed by atoms with Crippen LogP contribution in [0, 0.1) is 6.92 Å². The first-order valence-corrected chi connectivity index (χ1v) is 7.42. The minimum Gasteiger partial charge on any atom is -0.497 e. The Bertz CT molecular complexity index is 645. The van der Waals surface area contributed by atoms with Crippen LogP contribution in [0.15, 0.2) is 48.5 Å². The quantitative estimate of drug-likeness (QED) is 0.913. The number of ether oxygens (including phenoxy) is 1. The first kappa shape index (κ1) is 16.1. The molecule has 0 fully saturated rings. The molecule has 22 heavy (non-hydrogen) atoms. The molecule has 3 heteroatoms. The van der Waals surface area contributed by atoms with Crippen LogP contribution in [0.1, 0.15) is 35.3 Å². The van der Waals surface area contributed by atoms with Gasteiger partial charge in [0, 0.05) is 17.5 Å². The van der Waals surface area contributed by atoms with Crippen molar-refractivity contribution in [3.8, 4) is 5.75 Å². The molecule has 0 bridgehead atoms. The average Bonchev–Trinajstić information content (AvgIpc) is 2.52. The zero-order chi connectivity index (χ0) is 16.2. The van der Waals surface area contributed by atoms with E-state index in [4.69, 9.17) is 4.74 Å². The molecule has 2 aromatic rings. The molecule has 0 saturated heterocycles. The van der Waals surface area contributed by atoms with Crippen molar-refractivity contribution in [2.45, 2.75) is 26.2 Å². The fourth-order valence-electron chi connectivity index (χ4n) is 2.33. The van der Waals surface area contributed by atoms with Gasteiger partial charge in [-0.25, -0.2) is 0 Å². The minimum atomic E-state index is -0.147. The normalized spacial score (nSPS) is 11.1. The van der Waals surface area contributed by atoms with Crippen LogP contribution in [-0.2, 0) is 5.41 Å². The van der Waals surface area contributed by atoms with Gasteiger partial charge in [0.15, 0.2) is 0 Å². The summed E-state index contributed by atoms with van der Waals surface area (Å²) in [4.78, 5) is 12.2. The number of rotatable bonds is 5. The SMILES string of the molecule is COc1ccc(C(C)(C)CNC(=O)c2cccc(C)c2)cc1. The van der Waals surface area contributed by atoms with E-state index in [9.17, 15) is 4.79 Å². The smallest absolute Gasteiger partial charge is 0.251 e. The largest absolute Gasteiger partial charge is 0.497 e. The van der Waals surface area contributed by atoms with Crippen molar-refractivity contribution < 1.29 is 9.53 Å². The number of nitrogens with one attached hydrogen (secondary N) is 1. The molecule has 0 atom stereocenters. The van der Waals surface area contributed by atoms with E-state index in [-0.39, 0.29) is 11.3 Å². The van der Waals surface area contributed by atoms with E-state index in [1.807, 2.05) is 55.5 Å². The maximum atomic E-state index is 12.2. The van der Waals surface area contributed by atoms with Crippen LogP contribution in [0.2, 0.25) is 0 Å². The molecule has 0 aromatic heterocycles. The van der Waals surface area contributed by atoms with Crippen LogP contribution in [-0.4, -0.2) is 19.6 Å². The molecule has 1 N–H and O–H groups in total. The highest BCUT2D eigenvalue weighted by molar-refractivity contribution is 5.94. The van der Waals surface area contributed by atoms with E-state index in [1.54, 1.807) is 7.11 Å². The summed E-state index contributed by atoms with van der Waals surface area (Å²) in [5, 5.41) is 3.02. The molecular weight excluding hydrogens is 274 g/mol. The Hall–Kier alpha value is -2.29. The zero-order valence-corrected chi connectivity index (χ0v) is 13.6. The molecule has 2 aromatic carbocycles. The molecule has 0 saturated carbocycles. The second-order valence-electron chi connectivity index (χ2n) is 6.16. The third kappa shape index (κ3) is 3.88. The summed E-state index contributed by atoms with van der Waals surface area (Å²) in [5.74, 6) is 0.800. The third-order valence-corrected chi connectivity index (χ3v) is 3.84. The molecule has 1 amide bonds. The number of benzene rings is 2. The maximum Gasteiger partial charge on any atom is 0.251 e. The molecule has 0 aliphatic carbocycles. The van der Waals surface area contributed by atoms with Gasteiger partial charge in [0.05, 0.1) is 7.11 Å². The Morgan fingerprint density at radius 3 is 2.41 bits per heavy atom. The van der Waals surface area contributed by atoms with Gasteiger partial charge in [-0.15, -0.1) is 0 Å². The number of hydrogen-bond acceptors (Lipinski definition) is 2. The first-order chi connectivity index (χ1) is 10.4. The lowest BCUT2D eigenvalue weighted by Crippen LogP contribution is -2.36. The standard InChI is InChI=1S/C19H23NO2/c1-14-6-5-7-15(12-14)18(21)20-13-19(2,3)16-8-10-17(22-4)11-9-16/h5-12H,13H2,1-4H3,(H,20,21). The van der Waals surface area contributed by atoms with E-state index in [1.165, 1.54) is 0 Å². The molecule has 0 radical (unpaired) electrons. The first-order valence-electron chi connectivity index (χ1n) is 7.42. The van der Waals surface area contributed by atoms with Crippen molar-refractivity contribution in [3.63, 3.8) is 0 Å². The molecular formula is C19H23NO2. The zero-order valence-electron chi connectivity index (χ0n) is 13.6. The highest BCUT2D eigenvalue weighted by Crippen LogP contribution is 2.24. The van der Waals surface area contributed by atoms with Crippen molar-refractivity contribution in [2.24, 2.45) is 0 Å². The van der Waals surface area contributed by atoms with Crippen molar-refractivity contribution in [2.75, 3.05) is 13.7 Å². The monoisotopic (exact) mass is 297 g/mol. The topological polar surface area (TPSA) is 38.3 Å². The number of aryl methyl sites for hydroxylation is 1. The lowest BCUT2D eigenvalue weighted by molar-refractivity contribution is 0.0945. The molecule has 2 rings (SSSR count). The molecule has 0 unspecified atom stereocenters. The summed E-state index contributed by atoms with van der Waals surface area (Å²) in [5.41, 5.74) is 2.80. The summed E-state index contributed by atoms with van der Waals surface area (Å²) >= 11 is 0. The summed E-state index contributed by atoms with van der Waals surface area (Å²) in [7, 11) is 1.65. The molecule has 0 heterocycles. The van der Waals surface area contributed by atoms with Crippen LogP contribution in [0.5, 0.6) is 5.75 Å². The van der Waals surface area contributed by atoms with Crippen LogP contribution >= 0.6 is 0 Å². The van der Waals surface area contributed by atoms with E-state index in [0.29, 0.717) is 12.1 Å². The van der Waals surface area contributed by atoms with Crippen molar-refractivity contribution in [1.82, 2.24) is 5.32 Å². The summed E-state index contributed by atoms with van der Waals surface area (Å²) in [6, 6.07) is 15.6. The van der Waals surface area contributed by atoms with Crippen LogP contribution in [0.3, 0.4) is 0 Å². The number of hydrogen-bond donors (Lipinski definition) is 1. The van der Waals surface area contributed by atoms with Crippen molar-refractivity contribution in [3.05, 3.63) is 65.2 Å². The predicted octanol–water partition coefficient (Wildman–Crippen LogP) is 3.71. The Balaban J connectivity index is 2.03. The van der Waals surface area contributed by atoms with Gasteiger partial charge in [-0.05, 0) is 36.8 Å². The molecule has 0 aliphatic rings. The van der Waals surface area contributed by atoms with Gasteiger partial charge in [0.2, 0.25) is 0 Å². The Kier molecular flexibility index (Phi) is 4.86. The summed E-state index contributed by atoms with van der Waals surface area (Å²) in [6.07, 6.45) is 0. The highest BCUT2D eigenvalue weighted by Gasteiger charge is 2.21. The number of carbonyl (C=O) groups excluding carboxylic acids is 1. The van der Waals surface area contributed by atoms with E-state index in [0.717, 1.165) is 16.9 Å². The van der Waals surface area contributed by atoms with E-state index < -0.39 is 0 Å². The van der Waals surface area contributed by atoms with Crippen LogP contribution < -0.4 is 10.1 Å². The lowest BCUT2D eigenvalue weighted by Gasteiger charge is -2.26. The third-order valence-electron chi connectivity index (χ3n) is 3.84. The maximum absolute atomic E-state index is 12.2. The second kappa shape index (κ2) is 6.65.